The molecule has 3 heterocycles. The van der Waals surface area contributed by atoms with Crippen molar-refractivity contribution in [1.82, 2.24) is 24.9 Å². The zero-order valence-corrected chi connectivity index (χ0v) is 16.5. The van der Waals surface area contributed by atoms with Gasteiger partial charge in [0.1, 0.15) is 0 Å². The Kier molecular flexibility index (Phi) is 5.16. The van der Waals surface area contributed by atoms with Crippen molar-refractivity contribution >= 4 is 11.9 Å². The van der Waals surface area contributed by atoms with Crippen molar-refractivity contribution in [3.8, 4) is 11.3 Å². The molecule has 1 atom stereocenters. The van der Waals surface area contributed by atoms with Gasteiger partial charge in [0.2, 0.25) is 0 Å². The molecule has 0 unspecified atom stereocenters. The number of hydrogen-bond acceptors (Lipinski definition) is 5. The van der Waals surface area contributed by atoms with Gasteiger partial charge in [-0.1, -0.05) is 30.3 Å². The smallest absolute Gasteiger partial charge is 0.306 e. The third kappa shape index (κ3) is 4.06. The standard InChI is InChI=1S/C21H23N5O3/c1-14-10-17(24-25(14)2)13-26(21(28)18-8-9-19(27)29-18)12-16-11-22-23-20(16)15-6-4-3-5-7-15/h3-7,10-11,18H,8-9,12-13H2,1-2H3,(H,22,23)/t18-/m0/s1. The van der Waals surface area contributed by atoms with Crippen LogP contribution < -0.4 is 0 Å². The molecule has 2 aromatic heterocycles. The number of cyclic esters (lactones) is 1. The Balaban J connectivity index is 1.61. The second-order valence-corrected chi connectivity index (χ2v) is 7.25. The van der Waals surface area contributed by atoms with Crippen molar-refractivity contribution < 1.29 is 14.3 Å². The van der Waals surface area contributed by atoms with Crippen molar-refractivity contribution in [3.05, 3.63) is 59.5 Å². The molecule has 4 rings (SSSR count). The lowest BCUT2D eigenvalue weighted by atomic mass is 10.1. The average Bonchev–Trinajstić information content (AvgIpc) is 3.43. The van der Waals surface area contributed by atoms with Crippen molar-refractivity contribution in [3.63, 3.8) is 0 Å². The third-order valence-corrected chi connectivity index (χ3v) is 5.13. The Bertz CT molecular complexity index is 1000. The minimum Gasteiger partial charge on any atom is -0.452 e. The molecule has 0 radical (unpaired) electrons. The number of carbonyl (C=O) groups is 2. The molecule has 8 heteroatoms. The molecule has 1 fully saturated rings. The minimum atomic E-state index is -0.737. The van der Waals surface area contributed by atoms with E-state index in [1.807, 2.05) is 50.4 Å². The molecular formula is C21H23N5O3. The highest BCUT2D eigenvalue weighted by atomic mass is 16.6. The summed E-state index contributed by atoms with van der Waals surface area (Å²) in [5, 5.41) is 11.7. The molecule has 150 valence electrons. The number of carbonyl (C=O) groups excluding carboxylic acids is 2. The number of H-pyrrole nitrogens is 1. The number of aryl methyl sites for hydroxylation is 2. The molecule has 0 spiro atoms. The van der Waals surface area contributed by atoms with Gasteiger partial charge in [0.25, 0.3) is 5.91 Å². The van der Waals surface area contributed by atoms with Crippen LogP contribution in [0.25, 0.3) is 11.3 Å². The van der Waals surface area contributed by atoms with Crippen LogP contribution in [-0.2, 0) is 34.5 Å². The highest BCUT2D eigenvalue weighted by Crippen LogP contribution is 2.24. The lowest BCUT2D eigenvalue weighted by molar-refractivity contribution is -0.153. The van der Waals surface area contributed by atoms with Crippen LogP contribution in [0.1, 0.15) is 29.8 Å². The van der Waals surface area contributed by atoms with E-state index in [9.17, 15) is 9.59 Å². The van der Waals surface area contributed by atoms with Crippen molar-refractivity contribution in [2.75, 3.05) is 0 Å². The quantitative estimate of drug-likeness (QED) is 0.649. The molecule has 0 aliphatic carbocycles. The zero-order chi connectivity index (χ0) is 20.4. The van der Waals surface area contributed by atoms with Crippen LogP contribution >= 0.6 is 0 Å². The Hall–Kier alpha value is -3.42. The largest absolute Gasteiger partial charge is 0.452 e. The summed E-state index contributed by atoms with van der Waals surface area (Å²) in [6.45, 7) is 2.63. The highest BCUT2D eigenvalue weighted by Gasteiger charge is 2.34. The Morgan fingerprint density at radius 2 is 2.10 bits per heavy atom. The molecule has 29 heavy (non-hydrogen) atoms. The van der Waals surface area contributed by atoms with Gasteiger partial charge in [0.05, 0.1) is 24.1 Å². The summed E-state index contributed by atoms with van der Waals surface area (Å²) in [5.41, 5.74) is 4.54. The Labute approximate surface area is 168 Å². The van der Waals surface area contributed by atoms with Gasteiger partial charge in [-0.25, -0.2) is 0 Å². The molecule has 1 saturated heterocycles. The molecule has 1 amide bonds. The zero-order valence-electron chi connectivity index (χ0n) is 16.5. The first-order valence-corrected chi connectivity index (χ1v) is 9.56. The second kappa shape index (κ2) is 7.90. The number of benzene rings is 1. The van der Waals surface area contributed by atoms with Gasteiger partial charge < -0.3 is 9.64 Å². The van der Waals surface area contributed by atoms with E-state index >= 15 is 0 Å². The minimum absolute atomic E-state index is 0.209. The predicted molar refractivity (Wildman–Crippen MR) is 105 cm³/mol. The van der Waals surface area contributed by atoms with E-state index in [2.05, 4.69) is 15.3 Å². The van der Waals surface area contributed by atoms with E-state index in [1.165, 1.54) is 0 Å². The molecule has 1 aliphatic rings. The molecule has 0 saturated carbocycles. The van der Waals surface area contributed by atoms with Gasteiger partial charge in [0, 0.05) is 37.7 Å². The Morgan fingerprint density at radius 3 is 2.76 bits per heavy atom. The maximum Gasteiger partial charge on any atom is 0.306 e. The monoisotopic (exact) mass is 393 g/mol. The number of nitrogens with one attached hydrogen (secondary N) is 1. The van der Waals surface area contributed by atoms with Gasteiger partial charge in [0.15, 0.2) is 6.10 Å². The molecule has 0 bridgehead atoms. The summed E-state index contributed by atoms with van der Waals surface area (Å²) < 4.78 is 7.00. The molecular weight excluding hydrogens is 370 g/mol. The van der Waals surface area contributed by atoms with Crippen LogP contribution in [0.15, 0.2) is 42.6 Å². The summed E-state index contributed by atoms with van der Waals surface area (Å²) in [4.78, 5) is 26.3. The number of rotatable bonds is 6. The van der Waals surface area contributed by atoms with Crippen LogP contribution in [-0.4, -0.2) is 42.9 Å². The van der Waals surface area contributed by atoms with Gasteiger partial charge in [-0.3, -0.25) is 19.4 Å². The average molecular weight is 393 g/mol. The summed E-state index contributed by atoms with van der Waals surface area (Å²) >= 11 is 0. The number of ether oxygens (including phenoxy) is 1. The number of aromatic amines is 1. The van der Waals surface area contributed by atoms with Crippen LogP contribution in [0.2, 0.25) is 0 Å². The number of aromatic nitrogens is 4. The number of amides is 1. The molecule has 8 nitrogen and oxygen atoms in total. The molecule has 1 aromatic carbocycles. The maximum absolute atomic E-state index is 13.1. The number of esters is 1. The first-order chi connectivity index (χ1) is 14.0. The van der Waals surface area contributed by atoms with Crippen LogP contribution in [0.3, 0.4) is 0 Å². The summed E-state index contributed by atoms with van der Waals surface area (Å²) in [6.07, 6.45) is 1.67. The Morgan fingerprint density at radius 1 is 1.31 bits per heavy atom. The third-order valence-electron chi connectivity index (χ3n) is 5.13. The van der Waals surface area contributed by atoms with Crippen LogP contribution in [0, 0.1) is 6.92 Å². The van der Waals surface area contributed by atoms with Gasteiger partial charge >= 0.3 is 5.97 Å². The molecule has 1 N–H and O–H groups in total. The summed E-state index contributed by atoms with van der Waals surface area (Å²) in [6, 6.07) is 11.8. The first kappa shape index (κ1) is 18.9. The second-order valence-electron chi connectivity index (χ2n) is 7.25. The maximum atomic E-state index is 13.1. The van der Waals surface area contributed by atoms with Crippen molar-refractivity contribution in [2.24, 2.45) is 7.05 Å². The predicted octanol–water partition coefficient (Wildman–Crippen LogP) is 2.35. The fourth-order valence-corrected chi connectivity index (χ4v) is 3.51. The highest BCUT2D eigenvalue weighted by molar-refractivity contribution is 5.86. The van der Waals surface area contributed by atoms with E-state index < -0.39 is 6.10 Å². The van der Waals surface area contributed by atoms with E-state index in [4.69, 9.17) is 4.74 Å². The lowest BCUT2D eigenvalue weighted by Crippen LogP contribution is -2.38. The van der Waals surface area contributed by atoms with Crippen LogP contribution in [0.5, 0.6) is 0 Å². The van der Waals surface area contributed by atoms with Gasteiger partial charge in [-0.15, -0.1) is 0 Å². The van der Waals surface area contributed by atoms with Crippen molar-refractivity contribution in [1.29, 1.82) is 0 Å². The van der Waals surface area contributed by atoms with Gasteiger partial charge in [-0.05, 0) is 18.6 Å². The van der Waals surface area contributed by atoms with Crippen LogP contribution in [0.4, 0.5) is 0 Å². The van der Waals surface area contributed by atoms with E-state index in [0.29, 0.717) is 19.5 Å². The van der Waals surface area contributed by atoms with E-state index in [1.54, 1.807) is 15.8 Å². The SMILES string of the molecule is Cc1cc(CN(Cc2cn[nH]c2-c2ccccc2)C(=O)[C@@H]2CCC(=O)O2)nn1C. The summed E-state index contributed by atoms with van der Waals surface area (Å²) in [7, 11) is 1.87. The molecule has 1 aliphatic heterocycles. The molecule has 3 aromatic rings. The first-order valence-electron chi connectivity index (χ1n) is 9.56. The van der Waals surface area contributed by atoms with Crippen molar-refractivity contribution in [2.45, 2.75) is 39.0 Å². The lowest BCUT2D eigenvalue weighted by Gasteiger charge is -2.24. The topological polar surface area (TPSA) is 93.1 Å². The number of hydrogen-bond donors (Lipinski definition) is 1. The van der Waals surface area contributed by atoms with Gasteiger partial charge in [-0.2, -0.15) is 10.2 Å². The van der Waals surface area contributed by atoms with E-state index in [0.717, 1.165) is 28.2 Å². The van der Waals surface area contributed by atoms with E-state index in [-0.39, 0.29) is 18.3 Å². The summed E-state index contributed by atoms with van der Waals surface area (Å²) in [5.74, 6) is -0.537. The fraction of sp³-hybridized carbons (Fsp3) is 0.333. The number of nitrogens with zero attached hydrogens (tertiary/aromatic N) is 4. The normalized spacial score (nSPS) is 16.1. The fourth-order valence-electron chi connectivity index (χ4n) is 3.51.